The predicted molar refractivity (Wildman–Crippen MR) is 37.5 cm³/mol. The molecule has 0 amide bonds. The summed E-state index contributed by atoms with van der Waals surface area (Å²) in [7, 11) is 0. The van der Waals surface area contributed by atoms with Crippen LogP contribution in [0.2, 0.25) is 0 Å². The summed E-state index contributed by atoms with van der Waals surface area (Å²) in [6.07, 6.45) is 2.77. The number of hydrogen-bond acceptors (Lipinski definition) is 3. The van der Waals surface area contributed by atoms with Gasteiger partial charge in [0.15, 0.2) is 5.75 Å². The molecule has 1 unspecified atom stereocenters. The minimum atomic E-state index is -0.333. The molecule has 1 aromatic rings. The van der Waals surface area contributed by atoms with Crippen molar-refractivity contribution >= 4 is 0 Å². The number of aromatic hydroxyl groups is 1. The quantitative estimate of drug-likeness (QED) is 0.604. The Balaban J connectivity index is 2.84. The summed E-state index contributed by atoms with van der Waals surface area (Å²) in [5.74, 6) is 0.611. The lowest BCUT2D eigenvalue weighted by molar-refractivity contribution is 0.448. The molecule has 0 saturated carbocycles. The molecule has 54 valence electrons. The van der Waals surface area contributed by atoms with Gasteiger partial charge in [-0.15, -0.1) is 6.58 Å². The van der Waals surface area contributed by atoms with E-state index >= 15 is 0 Å². The van der Waals surface area contributed by atoms with Crippen LogP contribution in [0, 0.1) is 0 Å². The van der Waals surface area contributed by atoms with E-state index < -0.39 is 0 Å². The largest absolute Gasteiger partial charge is 0.505 e. The van der Waals surface area contributed by atoms with E-state index in [9.17, 15) is 0 Å². The van der Waals surface area contributed by atoms with Gasteiger partial charge in [-0.3, -0.25) is 0 Å². The molecule has 0 spiro atoms. The van der Waals surface area contributed by atoms with Crippen molar-refractivity contribution in [3.05, 3.63) is 30.7 Å². The van der Waals surface area contributed by atoms with Crippen LogP contribution < -0.4 is 5.73 Å². The summed E-state index contributed by atoms with van der Waals surface area (Å²) in [6, 6.07) is 1.13. The maximum atomic E-state index is 8.81. The maximum Gasteiger partial charge on any atom is 0.154 e. The highest BCUT2D eigenvalue weighted by atomic mass is 16.4. The molecular formula is C7H9NO2. The molecule has 0 radical (unpaired) electrons. The Morgan fingerprint density at radius 1 is 1.80 bits per heavy atom. The zero-order chi connectivity index (χ0) is 7.56. The van der Waals surface area contributed by atoms with E-state index in [1.165, 1.54) is 18.4 Å². The van der Waals surface area contributed by atoms with E-state index in [0.717, 1.165) is 0 Å². The SMILES string of the molecule is C=CC(N)c1cc(O)co1. The van der Waals surface area contributed by atoms with Crippen molar-refractivity contribution in [1.82, 2.24) is 0 Å². The maximum absolute atomic E-state index is 8.81. The van der Waals surface area contributed by atoms with Crippen LogP contribution in [0.5, 0.6) is 5.75 Å². The van der Waals surface area contributed by atoms with Gasteiger partial charge in [-0.25, -0.2) is 0 Å². The third kappa shape index (κ3) is 1.19. The molecule has 0 aromatic carbocycles. The zero-order valence-electron chi connectivity index (χ0n) is 5.45. The first kappa shape index (κ1) is 6.89. The van der Waals surface area contributed by atoms with Crippen molar-refractivity contribution in [2.24, 2.45) is 5.73 Å². The summed E-state index contributed by atoms with van der Waals surface area (Å²) in [5.41, 5.74) is 5.48. The van der Waals surface area contributed by atoms with Gasteiger partial charge in [0, 0.05) is 6.07 Å². The molecule has 1 aromatic heterocycles. The monoisotopic (exact) mass is 139 g/mol. The predicted octanol–water partition coefficient (Wildman–Crippen LogP) is 1.17. The normalized spacial score (nSPS) is 12.9. The topological polar surface area (TPSA) is 59.4 Å². The molecule has 1 rings (SSSR count). The fourth-order valence-corrected chi connectivity index (χ4v) is 0.633. The average molecular weight is 139 g/mol. The first-order chi connectivity index (χ1) is 4.74. The van der Waals surface area contributed by atoms with Gasteiger partial charge in [0.1, 0.15) is 12.0 Å². The van der Waals surface area contributed by atoms with E-state index in [2.05, 4.69) is 6.58 Å². The lowest BCUT2D eigenvalue weighted by atomic mass is 10.2. The van der Waals surface area contributed by atoms with Gasteiger partial charge >= 0.3 is 0 Å². The van der Waals surface area contributed by atoms with Crippen LogP contribution in [0.4, 0.5) is 0 Å². The van der Waals surface area contributed by atoms with E-state index in [-0.39, 0.29) is 11.8 Å². The molecule has 10 heavy (non-hydrogen) atoms. The van der Waals surface area contributed by atoms with E-state index in [0.29, 0.717) is 5.76 Å². The standard InChI is InChI=1S/C7H9NO2/c1-2-6(8)7-3-5(9)4-10-7/h2-4,6,9H,1,8H2. The summed E-state index contributed by atoms with van der Waals surface area (Å²) >= 11 is 0. The molecule has 3 heteroatoms. The van der Waals surface area contributed by atoms with Gasteiger partial charge in [0.25, 0.3) is 0 Å². The van der Waals surface area contributed by atoms with E-state index in [1.54, 1.807) is 0 Å². The molecule has 0 aliphatic heterocycles. The van der Waals surface area contributed by atoms with Crippen molar-refractivity contribution in [1.29, 1.82) is 0 Å². The summed E-state index contributed by atoms with van der Waals surface area (Å²) in [4.78, 5) is 0. The second-order valence-electron chi connectivity index (χ2n) is 1.97. The second kappa shape index (κ2) is 2.58. The smallest absolute Gasteiger partial charge is 0.154 e. The summed E-state index contributed by atoms with van der Waals surface area (Å²) in [5, 5.41) is 8.81. The fraction of sp³-hybridized carbons (Fsp3) is 0.143. The molecule has 0 aliphatic carbocycles. The van der Waals surface area contributed by atoms with Gasteiger partial charge in [0.05, 0.1) is 6.04 Å². The fourth-order valence-electron chi connectivity index (χ4n) is 0.633. The Bertz CT molecular complexity index is 229. The zero-order valence-corrected chi connectivity index (χ0v) is 5.45. The third-order valence-electron chi connectivity index (χ3n) is 1.19. The number of rotatable bonds is 2. The van der Waals surface area contributed by atoms with Gasteiger partial charge in [-0.1, -0.05) is 6.08 Å². The molecule has 3 N–H and O–H groups in total. The minimum absolute atomic E-state index is 0.0901. The van der Waals surface area contributed by atoms with E-state index in [1.807, 2.05) is 0 Å². The van der Waals surface area contributed by atoms with E-state index in [4.69, 9.17) is 15.3 Å². The van der Waals surface area contributed by atoms with Crippen LogP contribution in [-0.2, 0) is 0 Å². The molecular weight excluding hydrogens is 130 g/mol. The Kier molecular flexibility index (Phi) is 1.78. The highest BCUT2D eigenvalue weighted by molar-refractivity contribution is 5.21. The lowest BCUT2D eigenvalue weighted by Gasteiger charge is -1.97. The van der Waals surface area contributed by atoms with Crippen LogP contribution in [-0.4, -0.2) is 5.11 Å². The summed E-state index contributed by atoms with van der Waals surface area (Å²) < 4.78 is 4.87. The first-order valence-electron chi connectivity index (χ1n) is 2.89. The average Bonchev–Trinajstić information content (AvgIpc) is 2.34. The van der Waals surface area contributed by atoms with Crippen LogP contribution in [0.15, 0.2) is 29.4 Å². The molecule has 3 nitrogen and oxygen atoms in total. The van der Waals surface area contributed by atoms with Gasteiger partial charge in [0.2, 0.25) is 0 Å². The molecule has 1 heterocycles. The van der Waals surface area contributed by atoms with Crippen molar-refractivity contribution in [2.45, 2.75) is 6.04 Å². The minimum Gasteiger partial charge on any atom is -0.505 e. The Hall–Kier alpha value is -1.22. The van der Waals surface area contributed by atoms with Crippen molar-refractivity contribution < 1.29 is 9.52 Å². The first-order valence-corrected chi connectivity index (χ1v) is 2.89. The molecule has 0 fully saturated rings. The van der Waals surface area contributed by atoms with Crippen molar-refractivity contribution in [3.63, 3.8) is 0 Å². The lowest BCUT2D eigenvalue weighted by Crippen LogP contribution is -2.04. The highest BCUT2D eigenvalue weighted by Gasteiger charge is 2.05. The number of hydrogen-bond donors (Lipinski definition) is 2. The van der Waals surface area contributed by atoms with Gasteiger partial charge in [-0.05, 0) is 0 Å². The third-order valence-corrected chi connectivity index (χ3v) is 1.19. The van der Waals surface area contributed by atoms with Crippen molar-refractivity contribution in [3.8, 4) is 5.75 Å². The van der Waals surface area contributed by atoms with Crippen LogP contribution in [0.1, 0.15) is 11.8 Å². The highest BCUT2D eigenvalue weighted by Crippen LogP contribution is 2.18. The molecule has 1 atom stereocenters. The molecule has 0 aliphatic rings. The molecule has 0 bridgehead atoms. The van der Waals surface area contributed by atoms with Crippen LogP contribution >= 0.6 is 0 Å². The van der Waals surface area contributed by atoms with Crippen LogP contribution in [0.25, 0.3) is 0 Å². The van der Waals surface area contributed by atoms with Gasteiger partial charge in [-0.2, -0.15) is 0 Å². The number of furan rings is 1. The van der Waals surface area contributed by atoms with Gasteiger partial charge < -0.3 is 15.3 Å². The second-order valence-corrected chi connectivity index (χ2v) is 1.97. The Labute approximate surface area is 58.8 Å². The molecule has 0 saturated heterocycles. The number of nitrogens with two attached hydrogens (primary N) is 1. The van der Waals surface area contributed by atoms with Crippen LogP contribution in [0.3, 0.4) is 0 Å². The Morgan fingerprint density at radius 2 is 2.50 bits per heavy atom. The van der Waals surface area contributed by atoms with Crippen molar-refractivity contribution in [2.75, 3.05) is 0 Å². The Morgan fingerprint density at radius 3 is 2.90 bits per heavy atom. The summed E-state index contributed by atoms with van der Waals surface area (Å²) in [6.45, 7) is 3.48.